The van der Waals surface area contributed by atoms with Crippen LogP contribution >= 0.6 is 0 Å². The second-order valence-electron chi connectivity index (χ2n) is 4.08. The maximum atomic E-state index is 9.08. The molecule has 1 aliphatic rings. The molecule has 0 bridgehead atoms. The number of rotatable bonds is 0. The van der Waals surface area contributed by atoms with E-state index in [0.717, 1.165) is 6.42 Å². The Balaban J connectivity index is 3.26. The van der Waals surface area contributed by atoms with Crippen molar-refractivity contribution in [2.75, 3.05) is 14.1 Å². The Morgan fingerprint density at radius 2 is 1.33 bits per heavy atom. The highest BCUT2D eigenvalue weighted by atomic mass is 15.2. The Kier molecular flexibility index (Phi) is 3.21. The van der Waals surface area contributed by atoms with E-state index in [1.807, 2.05) is 23.9 Å². The molecule has 0 fully saturated rings. The van der Waals surface area contributed by atoms with Crippen LogP contribution in [-0.4, -0.2) is 36.0 Å². The first-order valence-corrected chi connectivity index (χ1v) is 5.03. The predicted octanol–water partition coefficient (Wildman–Crippen LogP) is 1.29. The lowest BCUT2D eigenvalue weighted by atomic mass is 10.1. The van der Waals surface area contributed by atoms with E-state index in [-0.39, 0.29) is 12.1 Å². The smallest absolute Gasteiger partial charge is 0.150 e. The monoisotopic (exact) mass is 204 g/mol. The first-order valence-electron chi connectivity index (χ1n) is 5.03. The van der Waals surface area contributed by atoms with Crippen molar-refractivity contribution in [1.29, 1.82) is 10.5 Å². The van der Waals surface area contributed by atoms with Crippen molar-refractivity contribution in [2.45, 2.75) is 32.4 Å². The van der Waals surface area contributed by atoms with Gasteiger partial charge in [0.15, 0.2) is 11.4 Å². The third-order valence-corrected chi connectivity index (χ3v) is 3.15. The van der Waals surface area contributed by atoms with Gasteiger partial charge in [-0.1, -0.05) is 0 Å². The topological polar surface area (TPSA) is 54.1 Å². The molecule has 1 rings (SSSR count). The van der Waals surface area contributed by atoms with Crippen LogP contribution in [0.3, 0.4) is 0 Å². The van der Waals surface area contributed by atoms with Crippen LogP contribution in [0.4, 0.5) is 0 Å². The summed E-state index contributed by atoms with van der Waals surface area (Å²) in [7, 11) is 3.74. The fourth-order valence-corrected chi connectivity index (χ4v) is 1.85. The summed E-state index contributed by atoms with van der Waals surface area (Å²) in [5.41, 5.74) is 0.939. The number of nitrogens with zero attached hydrogens (tertiary/aromatic N) is 4. The van der Waals surface area contributed by atoms with E-state index in [1.165, 1.54) is 0 Å². The second kappa shape index (κ2) is 4.23. The summed E-state index contributed by atoms with van der Waals surface area (Å²) < 4.78 is 0. The van der Waals surface area contributed by atoms with Crippen molar-refractivity contribution in [3.8, 4) is 12.1 Å². The molecule has 1 heterocycles. The summed E-state index contributed by atoms with van der Waals surface area (Å²) in [6.07, 6.45) is 0.948. The number of hydrogen-bond acceptors (Lipinski definition) is 4. The fraction of sp³-hybridized carbons (Fsp3) is 0.636. The zero-order chi connectivity index (χ0) is 11.6. The van der Waals surface area contributed by atoms with Crippen molar-refractivity contribution >= 4 is 0 Å². The molecule has 0 aromatic carbocycles. The van der Waals surface area contributed by atoms with Gasteiger partial charge in [-0.3, -0.25) is 0 Å². The molecule has 0 spiro atoms. The maximum absolute atomic E-state index is 9.08. The van der Waals surface area contributed by atoms with Crippen LogP contribution in [0.2, 0.25) is 0 Å². The molecule has 4 nitrogen and oxygen atoms in total. The van der Waals surface area contributed by atoms with E-state index >= 15 is 0 Å². The maximum Gasteiger partial charge on any atom is 0.150 e. The van der Waals surface area contributed by atoms with Gasteiger partial charge in [-0.15, -0.1) is 0 Å². The zero-order valence-electron chi connectivity index (χ0n) is 9.65. The standard InChI is InChI=1S/C11H16N4/c1-8-5-9(2)15(4)11(7-13)10(6-12)14(8)3/h8-9H,5H2,1-4H3. The van der Waals surface area contributed by atoms with Crippen molar-refractivity contribution in [3.63, 3.8) is 0 Å². The third kappa shape index (κ3) is 1.89. The molecule has 2 atom stereocenters. The summed E-state index contributed by atoms with van der Waals surface area (Å²) in [6.45, 7) is 4.14. The summed E-state index contributed by atoms with van der Waals surface area (Å²) in [5, 5.41) is 18.2. The van der Waals surface area contributed by atoms with Crippen LogP contribution in [-0.2, 0) is 0 Å². The molecule has 0 saturated carbocycles. The summed E-state index contributed by atoms with van der Waals surface area (Å²) in [5.74, 6) is 0. The van der Waals surface area contributed by atoms with Gasteiger partial charge in [0.05, 0.1) is 0 Å². The van der Waals surface area contributed by atoms with Crippen LogP contribution in [0.15, 0.2) is 11.4 Å². The zero-order valence-corrected chi connectivity index (χ0v) is 9.65. The van der Waals surface area contributed by atoms with Crippen molar-refractivity contribution in [1.82, 2.24) is 9.80 Å². The molecular formula is C11H16N4. The lowest BCUT2D eigenvalue weighted by molar-refractivity contribution is 0.270. The molecule has 0 aromatic rings. The molecule has 2 unspecified atom stereocenters. The molecule has 15 heavy (non-hydrogen) atoms. The second-order valence-corrected chi connectivity index (χ2v) is 4.08. The molecule has 1 aliphatic heterocycles. The molecule has 0 aliphatic carbocycles. The normalized spacial score (nSPS) is 27.1. The molecule has 4 heteroatoms. The first-order chi connectivity index (χ1) is 7.02. The largest absolute Gasteiger partial charge is 0.361 e. The minimum absolute atomic E-state index is 0.281. The van der Waals surface area contributed by atoms with Crippen LogP contribution in [0.25, 0.3) is 0 Å². The lowest BCUT2D eigenvalue weighted by Gasteiger charge is -2.25. The van der Waals surface area contributed by atoms with E-state index in [1.54, 1.807) is 0 Å². The van der Waals surface area contributed by atoms with Gasteiger partial charge in [0, 0.05) is 26.2 Å². The SMILES string of the molecule is CC1CC(C)N(C)C(C#N)=C(C#N)N1C. The van der Waals surface area contributed by atoms with Crippen molar-refractivity contribution < 1.29 is 0 Å². The van der Waals surface area contributed by atoms with E-state index < -0.39 is 0 Å². The van der Waals surface area contributed by atoms with Gasteiger partial charge >= 0.3 is 0 Å². The van der Waals surface area contributed by atoms with Crippen LogP contribution in [0.1, 0.15) is 20.3 Å². The highest BCUT2D eigenvalue weighted by Gasteiger charge is 2.27. The Bertz CT molecular complexity index is 324. The minimum Gasteiger partial charge on any atom is -0.361 e. The highest BCUT2D eigenvalue weighted by Crippen LogP contribution is 2.24. The fourth-order valence-electron chi connectivity index (χ4n) is 1.85. The van der Waals surface area contributed by atoms with Gasteiger partial charge in [-0.2, -0.15) is 10.5 Å². The predicted molar refractivity (Wildman–Crippen MR) is 57.3 cm³/mol. The molecule has 0 saturated heterocycles. The Hall–Kier alpha value is -1.68. The van der Waals surface area contributed by atoms with Gasteiger partial charge in [0.1, 0.15) is 12.1 Å². The molecule has 80 valence electrons. The van der Waals surface area contributed by atoms with Crippen LogP contribution in [0.5, 0.6) is 0 Å². The minimum atomic E-state index is 0.281. The van der Waals surface area contributed by atoms with Crippen molar-refractivity contribution in [3.05, 3.63) is 11.4 Å². The van der Waals surface area contributed by atoms with Crippen LogP contribution in [0, 0.1) is 22.7 Å². The Labute approximate surface area is 91.0 Å². The lowest BCUT2D eigenvalue weighted by Crippen LogP contribution is -2.30. The van der Waals surface area contributed by atoms with Crippen molar-refractivity contribution in [2.24, 2.45) is 0 Å². The van der Waals surface area contributed by atoms with E-state index in [0.29, 0.717) is 11.4 Å². The van der Waals surface area contributed by atoms with E-state index in [2.05, 4.69) is 26.0 Å². The average molecular weight is 204 g/mol. The van der Waals surface area contributed by atoms with Gasteiger partial charge in [-0.05, 0) is 20.3 Å². The Morgan fingerprint density at radius 1 is 1.00 bits per heavy atom. The average Bonchev–Trinajstić information content (AvgIpc) is 2.29. The number of allylic oxidation sites excluding steroid dienone is 2. The number of nitriles is 2. The molecule has 0 radical (unpaired) electrons. The highest BCUT2D eigenvalue weighted by molar-refractivity contribution is 5.36. The molecular weight excluding hydrogens is 188 g/mol. The molecule has 0 aromatic heterocycles. The quantitative estimate of drug-likeness (QED) is 0.596. The number of hydrogen-bond donors (Lipinski definition) is 0. The van der Waals surface area contributed by atoms with Gasteiger partial charge < -0.3 is 9.80 Å². The Morgan fingerprint density at radius 3 is 1.60 bits per heavy atom. The summed E-state index contributed by atoms with van der Waals surface area (Å²) >= 11 is 0. The van der Waals surface area contributed by atoms with Gasteiger partial charge in [0.25, 0.3) is 0 Å². The first kappa shape index (κ1) is 11.4. The third-order valence-electron chi connectivity index (χ3n) is 3.15. The summed E-state index contributed by atoms with van der Waals surface area (Å²) in [4.78, 5) is 3.77. The van der Waals surface area contributed by atoms with Crippen LogP contribution < -0.4 is 0 Å². The van der Waals surface area contributed by atoms with E-state index in [4.69, 9.17) is 10.5 Å². The molecule has 0 amide bonds. The van der Waals surface area contributed by atoms with Gasteiger partial charge in [0.2, 0.25) is 0 Å². The molecule has 0 N–H and O–H groups in total. The van der Waals surface area contributed by atoms with Gasteiger partial charge in [-0.25, -0.2) is 0 Å². The van der Waals surface area contributed by atoms with E-state index in [9.17, 15) is 0 Å². The summed E-state index contributed by atoms with van der Waals surface area (Å²) in [6, 6.07) is 4.80.